The van der Waals surface area contributed by atoms with E-state index in [9.17, 15) is 0 Å². The second-order valence-corrected chi connectivity index (χ2v) is 4.76. The molecule has 0 aliphatic carbocycles. The van der Waals surface area contributed by atoms with E-state index in [2.05, 4.69) is 41.2 Å². The molecule has 1 atom stereocenters. The number of nitrogens with zero attached hydrogens (tertiary/aromatic N) is 2. The molecule has 1 saturated heterocycles. The Balaban J connectivity index is 1.90. The monoisotopic (exact) mass is 219 g/mol. The minimum Gasteiger partial charge on any atom is -0.311 e. The SMILES string of the molecule is CC(C)N1CCNC(Cc2ccccn2)C1. The maximum atomic E-state index is 4.38. The molecule has 88 valence electrons. The summed E-state index contributed by atoms with van der Waals surface area (Å²) in [6.07, 6.45) is 2.91. The number of pyridine rings is 1. The average Bonchev–Trinajstić information content (AvgIpc) is 2.30. The number of aromatic nitrogens is 1. The Kier molecular flexibility index (Phi) is 3.91. The van der Waals surface area contributed by atoms with Gasteiger partial charge in [-0.05, 0) is 26.0 Å². The predicted molar refractivity (Wildman–Crippen MR) is 66.4 cm³/mol. The Morgan fingerprint density at radius 3 is 3.06 bits per heavy atom. The highest BCUT2D eigenvalue weighted by Gasteiger charge is 2.21. The summed E-state index contributed by atoms with van der Waals surface area (Å²) in [4.78, 5) is 6.92. The lowest BCUT2D eigenvalue weighted by atomic mass is 10.1. The van der Waals surface area contributed by atoms with E-state index in [1.165, 1.54) is 5.69 Å². The lowest BCUT2D eigenvalue weighted by Gasteiger charge is -2.36. The van der Waals surface area contributed by atoms with Crippen molar-refractivity contribution >= 4 is 0 Å². The highest BCUT2D eigenvalue weighted by atomic mass is 15.2. The van der Waals surface area contributed by atoms with E-state index in [0.29, 0.717) is 12.1 Å². The first-order valence-electron chi connectivity index (χ1n) is 6.13. The van der Waals surface area contributed by atoms with Crippen LogP contribution in [0.2, 0.25) is 0 Å². The molecule has 1 N–H and O–H groups in total. The molecule has 1 unspecified atom stereocenters. The third-order valence-corrected chi connectivity index (χ3v) is 3.20. The van der Waals surface area contributed by atoms with Crippen LogP contribution in [0.15, 0.2) is 24.4 Å². The summed E-state index contributed by atoms with van der Waals surface area (Å²) in [5, 5.41) is 3.57. The summed E-state index contributed by atoms with van der Waals surface area (Å²) >= 11 is 0. The quantitative estimate of drug-likeness (QED) is 0.830. The zero-order chi connectivity index (χ0) is 11.4. The normalized spacial score (nSPS) is 22.6. The van der Waals surface area contributed by atoms with Crippen molar-refractivity contribution in [1.82, 2.24) is 15.2 Å². The van der Waals surface area contributed by atoms with Crippen LogP contribution in [0.1, 0.15) is 19.5 Å². The lowest BCUT2D eigenvalue weighted by Crippen LogP contribution is -2.53. The molecule has 0 spiro atoms. The van der Waals surface area contributed by atoms with Crippen molar-refractivity contribution in [2.75, 3.05) is 19.6 Å². The molecule has 3 nitrogen and oxygen atoms in total. The summed E-state index contributed by atoms with van der Waals surface area (Å²) in [6.45, 7) is 7.92. The number of piperazine rings is 1. The van der Waals surface area contributed by atoms with Gasteiger partial charge in [-0.25, -0.2) is 0 Å². The van der Waals surface area contributed by atoms with E-state index in [-0.39, 0.29) is 0 Å². The molecule has 1 aliphatic rings. The molecule has 2 heterocycles. The van der Waals surface area contributed by atoms with Gasteiger partial charge in [0.2, 0.25) is 0 Å². The second kappa shape index (κ2) is 5.41. The minimum atomic E-state index is 0.547. The first kappa shape index (κ1) is 11.6. The van der Waals surface area contributed by atoms with Crippen molar-refractivity contribution in [3.8, 4) is 0 Å². The smallest absolute Gasteiger partial charge is 0.0419 e. The largest absolute Gasteiger partial charge is 0.311 e. The molecule has 0 saturated carbocycles. The Morgan fingerprint density at radius 2 is 2.38 bits per heavy atom. The molecule has 0 amide bonds. The molecule has 1 aromatic rings. The molecular formula is C13H21N3. The van der Waals surface area contributed by atoms with E-state index in [0.717, 1.165) is 26.1 Å². The molecule has 0 aromatic carbocycles. The predicted octanol–water partition coefficient (Wildman–Crippen LogP) is 1.31. The maximum Gasteiger partial charge on any atom is 0.0419 e. The standard InChI is InChI=1S/C13H21N3/c1-11(2)16-8-7-15-13(10-16)9-12-5-3-4-6-14-12/h3-6,11,13,15H,7-10H2,1-2H3. The zero-order valence-corrected chi connectivity index (χ0v) is 10.2. The summed E-state index contributed by atoms with van der Waals surface area (Å²) in [5.74, 6) is 0. The molecule has 0 bridgehead atoms. The van der Waals surface area contributed by atoms with Gasteiger partial charge in [-0.3, -0.25) is 9.88 Å². The van der Waals surface area contributed by atoms with Gasteiger partial charge in [0.25, 0.3) is 0 Å². The molecular weight excluding hydrogens is 198 g/mol. The Labute approximate surface area is 97.9 Å². The van der Waals surface area contributed by atoms with Crippen LogP contribution in [-0.4, -0.2) is 41.6 Å². The van der Waals surface area contributed by atoms with E-state index >= 15 is 0 Å². The van der Waals surface area contributed by atoms with Crippen LogP contribution >= 0.6 is 0 Å². The number of rotatable bonds is 3. The Morgan fingerprint density at radius 1 is 1.50 bits per heavy atom. The third kappa shape index (κ3) is 3.03. The maximum absolute atomic E-state index is 4.38. The molecule has 0 radical (unpaired) electrons. The second-order valence-electron chi connectivity index (χ2n) is 4.76. The van der Waals surface area contributed by atoms with Crippen molar-refractivity contribution in [2.24, 2.45) is 0 Å². The van der Waals surface area contributed by atoms with E-state index in [4.69, 9.17) is 0 Å². The van der Waals surface area contributed by atoms with Crippen LogP contribution in [0.3, 0.4) is 0 Å². The molecule has 1 fully saturated rings. The van der Waals surface area contributed by atoms with Gasteiger partial charge in [-0.15, -0.1) is 0 Å². The molecule has 3 heteroatoms. The van der Waals surface area contributed by atoms with Gasteiger partial charge in [-0.1, -0.05) is 6.07 Å². The van der Waals surface area contributed by atoms with Crippen molar-refractivity contribution in [3.63, 3.8) is 0 Å². The van der Waals surface area contributed by atoms with Gasteiger partial charge in [0.05, 0.1) is 0 Å². The number of nitrogens with one attached hydrogen (secondary N) is 1. The minimum absolute atomic E-state index is 0.547. The van der Waals surface area contributed by atoms with Crippen LogP contribution in [0, 0.1) is 0 Å². The highest BCUT2D eigenvalue weighted by Crippen LogP contribution is 2.08. The van der Waals surface area contributed by atoms with E-state index in [1.54, 1.807) is 0 Å². The summed E-state index contributed by atoms with van der Waals surface area (Å²) in [5.41, 5.74) is 1.19. The van der Waals surface area contributed by atoms with Crippen LogP contribution in [0.25, 0.3) is 0 Å². The molecule has 1 aliphatic heterocycles. The van der Waals surface area contributed by atoms with Crippen molar-refractivity contribution in [2.45, 2.75) is 32.4 Å². The fraction of sp³-hybridized carbons (Fsp3) is 0.615. The van der Waals surface area contributed by atoms with Gasteiger partial charge in [0.15, 0.2) is 0 Å². The highest BCUT2D eigenvalue weighted by molar-refractivity contribution is 5.06. The fourth-order valence-corrected chi connectivity index (χ4v) is 2.23. The van der Waals surface area contributed by atoms with E-state index in [1.807, 2.05) is 12.3 Å². The first-order valence-corrected chi connectivity index (χ1v) is 6.13. The fourth-order valence-electron chi connectivity index (χ4n) is 2.23. The van der Waals surface area contributed by atoms with Gasteiger partial charge in [-0.2, -0.15) is 0 Å². The van der Waals surface area contributed by atoms with Crippen molar-refractivity contribution in [1.29, 1.82) is 0 Å². The first-order chi connectivity index (χ1) is 7.75. The number of hydrogen-bond donors (Lipinski definition) is 1. The third-order valence-electron chi connectivity index (χ3n) is 3.20. The topological polar surface area (TPSA) is 28.2 Å². The van der Waals surface area contributed by atoms with Crippen LogP contribution in [0.5, 0.6) is 0 Å². The number of hydrogen-bond acceptors (Lipinski definition) is 3. The lowest BCUT2D eigenvalue weighted by molar-refractivity contribution is 0.161. The van der Waals surface area contributed by atoms with Gasteiger partial charge in [0.1, 0.15) is 0 Å². The van der Waals surface area contributed by atoms with Crippen LogP contribution < -0.4 is 5.32 Å². The molecule has 16 heavy (non-hydrogen) atoms. The molecule has 2 rings (SSSR count). The van der Waals surface area contributed by atoms with Crippen LogP contribution in [0.4, 0.5) is 0 Å². The van der Waals surface area contributed by atoms with Crippen LogP contribution in [-0.2, 0) is 6.42 Å². The van der Waals surface area contributed by atoms with Crippen molar-refractivity contribution in [3.05, 3.63) is 30.1 Å². The van der Waals surface area contributed by atoms with Gasteiger partial charge >= 0.3 is 0 Å². The van der Waals surface area contributed by atoms with Gasteiger partial charge in [0, 0.05) is 50.0 Å². The summed E-state index contributed by atoms with van der Waals surface area (Å²) in [6, 6.07) is 7.33. The van der Waals surface area contributed by atoms with Crippen molar-refractivity contribution < 1.29 is 0 Å². The zero-order valence-electron chi connectivity index (χ0n) is 10.2. The summed E-state index contributed by atoms with van der Waals surface area (Å²) < 4.78 is 0. The molecule has 1 aromatic heterocycles. The summed E-state index contributed by atoms with van der Waals surface area (Å²) in [7, 11) is 0. The Hall–Kier alpha value is -0.930. The van der Waals surface area contributed by atoms with Gasteiger partial charge < -0.3 is 5.32 Å². The average molecular weight is 219 g/mol. The Bertz CT molecular complexity index is 310. The van der Waals surface area contributed by atoms with E-state index < -0.39 is 0 Å².